The van der Waals surface area contributed by atoms with Gasteiger partial charge in [0.25, 0.3) is 11.5 Å². The molecule has 1 amide bonds. The van der Waals surface area contributed by atoms with E-state index in [0.717, 1.165) is 23.2 Å². The topological polar surface area (TPSA) is 247 Å². The molecule has 6 heterocycles. The van der Waals surface area contributed by atoms with Gasteiger partial charge in [0.05, 0.1) is 38.6 Å². The van der Waals surface area contributed by atoms with Crippen molar-refractivity contribution in [3.63, 3.8) is 0 Å². The number of amides is 1. The zero-order chi connectivity index (χ0) is 41.0. The third kappa shape index (κ3) is 8.83. The third-order valence-corrected chi connectivity index (χ3v) is 12.6. The van der Waals surface area contributed by atoms with Gasteiger partial charge in [-0.1, -0.05) is 18.2 Å². The van der Waals surface area contributed by atoms with Crippen molar-refractivity contribution in [1.29, 1.82) is 5.26 Å². The summed E-state index contributed by atoms with van der Waals surface area (Å²) in [6, 6.07) is 11.0. The van der Waals surface area contributed by atoms with E-state index in [1.807, 2.05) is 4.98 Å². The average Bonchev–Trinajstić information content (AvgIpc) is 3.86. The third-order valence-electron chi connectivity index (χ3n) is 8.77. The molecule has 0 bridgehead atoms. The summed E-state index contributed by atoms with van der Waals surface area (Å²) in [6.45, 7) is 0.422. The van der Waals surface area contributed by atoms with E-state index in [4.69, 9.17) is 60.3 Å². The van der Waals surface area contributed by atoms with Crippen molar-refractivity contribution in [1.82, 2.24) is 29.1 Å². The number of benzene rings is 1. The van der Waals surface area contributed by atoms with Gasteiger partial charge in [0.15, 0.2) is 41.8 Å². The molecule has 0 radical (unpaired) electrons. The van der Waals surface area contributed by atoms with E-state index < -0.39 is 101 Å². The van der Waals surface area contributed by atoms with Gasteiger partial charge in [-0.25, -0.2) is 39.7 Å². The summed E-state index contributed by atoms with van der Waals surface area (Å²) in [6.07, 6.45) is -11.5. The van der Waals surface area contributed by atoms with Gasteiger partial charge in [0.2, 0.25) is 6.54 Å². The van der Waals surface area contributed by atoms with Crippen molar-refractivity contribution in [2.24, 2.45) is 0 Å². The van der Waals surface area contributed by atoms with Crippen molar-refractivity contribution in [2.45, 2.75) is 55.6 Å². The van der Waals surface area contributed by atoms with Crippen LogP contribution in [0.15, 0.2) is 64.8 Å². The zero-order valence-corrected chi connectivity index (χ0v) is 32.3. The minimum atomic E-state index is -4.92. The molecule has 3 saturated heterocycles. The zero-order valence-electron chi connectivity index (χ0n) is 29.6. The van der Waals surface area contributed by atoms with E-state index in [1.165, 1.54) is 10.9 Å². The lowest BCUT2D eigenvalue weighted by atomic mass is 10.1. The first-order valence-corrected chi connectivity index (χ1v) is 21.2. The van der Waals surface area contributed by atoms with Gasteiger partial charge >= 0.3 is 20.2 Å². The molecule has 4 unspecified atom stereocenters. The van der Waals surface area contributed by atoms with Crippen molar-refractivity contribution in [3.8, 4) is 6.07 Å². The van der Waals surface area contributed by atoms with E-state index in [-0.39, 0.29) is 36.6 Å². The number of nitrogens with one attached hydrogen (secondary N) is 2. The number of fused-ring (bicyclic) bond motifs is 3. The highest BCUT2D eigenvalue weighted by atomic mass is 32.5. The SMILES string of the molecule is [C-]#[N+]CCOP1(=S)OC[C@H]2O[C@@H](n3cnc4c(NC(=O)c5ccccc5)ncnc43)C(F)[C@H]2OP(=O)(OCCC#N)OC[C@H]2O[C@@H](n3ccc(=O)[nH]c3=O)C(F)[C@H]2O1. The number of aromatic nitrogens is 6. The fraction of sp³-hybridized carbons (Fsp3) is 0.438. The Kier molecular flexibility index (Phi) is 12.6. The van der Waals surface area contributed by atoms with Gasteiger partial charge in [-0.3, -0.25) is 41.8 Å². The highest BCUT2D eigenvalue weighted by Crippen LogP contribution is 2.58. The number of rotatable bonds is 10. The number of anilines is 1. The Morgan fingerprint density at radius 3 is 2.43 bits per heavy atom. The number of imidazole rings is 1. The minimum absolute atomic E-state index is 0.00174. The number of carbonyl (C=O) groups excluding carboxylic acids is 1. The summed E-state index contributed by atoms with van der Waals surface area (Å²) in [5.74, 6) is -0.501. The quantitative estimate of drug-likeness (QED) is 0.132. The van der Waals surface area contributed by atoms with Crippen LogP contribution in [0.5, 0.6) is 0 Å². The Hall–Kier alpha value is -4.68. The van der Waals surface area contributed by atoms with Crippen molar-refractivity contribution in [3.05, 3.63) is 93.1 Å². The smallest absolute Gasteiger partial charge is 0.346 e. The van der Waals surface area contributed by atoms with E-state index in [2.05, 4.69) is 25.1 Å². The van der Waals surface area contributed by atoms with Crippen molar-refractivity contribution >= 4 is 49.2 Å². The Labute approximate surface area is 330 Å². The lowest BCUT2D eigenvalue weighted by Crippen LogP contribution is -2.38. The maximum atomic E-state index is 16.8. The lowest BCUT2D eigenvalue weighted by molar-refractivity contribution is -0.0670. The molecule has 7 rings (SSSR count). The second kappa shape index (κ2) is 17.7. The molecule has 0 spiro atoms. The molecule has 0 aliphatic carbocycles. The second-order valence-corrected chi connectivity index (χ2v) is 17.1. The molecule has 4 aromatic rings. The maximum Gasteiger partial charge on any atom is 0.475 e. The number of halogens is 2. The van der Waals surface area contributed by atoms with Crippen LogP contribution in [0.4, 0.5) is 14.6 Å². The first kappa shape index (κ1) is 41.5. The standard InChI is InChI=1S/C32H31F2N9O12P2S/c1-36-10-13-49-57(58)51-15-20-25(22(33)31(53-20)43-17-39-24-27(37-16-38-28(24)43)41-29(45)18-6-3-2-4-7-18)54-56(47,48-12-5-9-35)50-14-19-26(55-57)23(34)30(52-19)42-11-8-21(44)40-32(42)46/h2-4,6-8,11,16-17,19-20,22-23,25-26,30-31H,5,10,12-15H2,(H,40,44,46)(H,37,38,41,45)/t19-,20-,22?,23?,25+,26+,30-,31-,56?,57?/m1/s1. The summed E-state index contributed by atoms with van der Waals surface area (Å²) in [4.78, 5) is 55.0. The van der Waals surface area contributed by atoms with Crippen LogP contribution in [0.3, 0.4) is 0 Å². The number of alkyl halides is 2. The molecule has 3 aliphatic rings. The van der Waals surface area contributed by atoms with Crippen LogP contribution < -0.4 is 16.6 Å². The summed E-state index contributed by atoms with van der Waals surface area (Å²) >= 11 is 5.63. The molecule has 10 atom stereocenters. The second-order valence-electron chi connectivity index (χ2n) is 12.5. The summed E-state index contributed by atoms with van der Waals surface area (Å²) in [5.41, 5.74) is -1.39. The molecule has 2 N–H and O–H groups in total. The summed E-state index contributed by atoms with van der Waals surface area (Å²) < 4.78 is 95.5. The van der Waals surface area contributed by atoms with Gasteiger partial charge in [0, 0.05) is 17.8 Å². The first-order chi connectivity index (χ1) is 27.9. The molecular formula is C32H31F2N9O12P2S. The number of hydrogen-bond donors (Lipinski definition) is 2. The van der Waals surface area contributed by atoms with E-state index in [9.17, 15) is 18.9 Å². The highest BCUT2D eigenvalue weighted by molar-refractivity contribution is 8.07. The number of aromatic amines is 1. The molecule has 21 nitrogen and oxygen atoms in total. The summed E-state index contributed by atoms with van der Waals surface area (Å²) in [7, 11) is -4.92. The number of phosphoric acid groups is 1. The van der Waals surface area contributed by atoms with Crippen molar-refractivity contribution in [2.75, 3.05) is 38.3 Å². The fourth-order valence-electron chi connectivity index (χ4n) is 6.11. The number of hydrogen-bond acceptors (Lipinski definition) is 17. The number of nitrogens with zero attached hydrogens (tertiary/aromatic N) is 7. The maximum absolute atomic E-state index is 16.8. The number of H-pyrrole nitrogens is 1. The van der Waals surface area contributed by atoms with Gasteiger partial charge in [-0.2, -0.15) is 5.26 Å². The van der Waals surface area contributed by atoms with Crippen LogP contribution in [0.2, 0.25) is 0 Å². The predicted molar refractivity (Wildman–Crippen MR) is 196 cm³/mol. The molecule has 306 valence electrons. The normalized spacial score (nSPS) is 31.2. The van der Waals surface area contributed by atoms with Crippen molar-refractivity contribution < 1.29 is 54.8 Å². The van der Waals surface area contributed by atoms with Crippen LogP contribution in [-0.4, -0.2) is 105 Å². The molecular weight excluding hydrogens is 834 g/mol. The molecule has 3 aromatic heterocycles. The minimum Gasteiger partial charge on any atom is -0.346 e. The van der Waals surface area contributed by atoms with Gasteiger partial charge < -0.3 is 28.7 Å². The fourth-order valence-corrected chi connectivity index (χ4v) is 9.58. The molecule has 58 heavy (non-hydrogen) atoms. The van der Waals surface area contributed by atoms with Gasteiger partial charge in [0.1, 0.15) is 37.4 Å². The van der Waals surface area contributed by atoms with Crippen LogP contribution >= 0.6 is 14.5 Å². The van der Waals surface area contributed by atoms with Crippen LogP contribution in [-0.2, 0) is 53.0 Å². The predicted octanol–water partition coefficient (Wildman–Crippen LogP) is 3.12. The number of phosphoric ester groups is 1. The Bertz CT molecular complexity index is 2450. The van der Waals surface area contributed by atoms with Gasteiger partial charge in [-0.05, 0) is 23.9 Å². The molecule has 0 saturated carbocycles. The highest BCUT2D eigenvalue weighted by Gasteiger charge is 2.55. The molecule has 1 aromatic carbocycles. The molecule has 3 fully saturated rings. The van der Waals surface area contributed by atoms with E-state index >= 15 is 8.78 Å². The summed E-state index contributed by atoms with van der Waals surface area (Å²) in [5, 5.41) is 11.8. The first-order valence-electron chi connectivity index (χ1n) is 17.2. The van der Waals surface area contributed by atoms with Crippen LogP contribution in [0.1, 0.15) is 29.2 Å². The Balaban J connectivity index is 1.21. The van der Waals surface area contributed by atoms with E-state index in [1.54, 1.807) is 36.4 Å². The lowest BCUT2D eigenvalue weighted by Gasteiger charge is -2.31. The van der Waals surface area contributed by atoms with E-state index in [0.29, 0.717) is 5.56 Å². The van der Waals surface area contributed by atoms with Crippen LogP contribution in [0.25, 0.3) is 16.0 Å². The largest absolute Gasteiger partial charge is 0.475 e. The number of ether oxygens (including phenoxy) is 2. The van der Waals surface area contributed by atoms with Crippen LogP contribution in [0, 0.1) is 17.9 Å². The Morgan fingerprint density at radius 2 is 1.72 bits per heavy atom. The van der Waals surface area contributed by atoms with Gasteiger partial charge in [-0.15, -0.1) is 0 Å². The molecule has 3 aliphatic heterocycles. The Morgan fingerprint density at radius 1 is 1.02 bits per heavy atom. The number of nitriles is 1. The molecule has 26 heteroatoms. The monoisotopic (exact) mass is 865 g/mol. The average molecular weight is 866 g/mol. The number of carbonyl (C=O) groups is 1.